The van der Waals surface area contributed by atoms with Crippen LogP contribution in [0.1, 0.15) is 20.8 Å². The van der Waals surface area contributed by atoms with Crippen LogP contribution in [0.15, 0.2) is 72.0 Å². The van der Waals surface area contributed by atoms with Crippen molar-refractivity contribution in [2.24, 2.45) is 7.05 Å². The second-order valence-electron chi connectivity index (χ2n) is 10.2. The lowest BCUT2D eigenvalue weighted by Gasteiger charge is -2.26. The molecule has 4 rings (SSSR count). The molecule has 0 spiro atoms. The van der Waals surface area contributed by atoms with E-state index in [4.69, 9.17) is 9.72 Å². The van der Waals surface area contributed by atoms with Gasteiger partial charge in [-0.3, -0.25) is 4.68 Å². The van der Waals surface area contributed by atoms with E-state index in [9.17, 15) is 0 Å². The lowest BCUT2D eigenvalue weighted by molar-refractivity contribution is 0.169. The molecule has 1 atom stereocenters. The fraction of sp³-hybridized carbons (Fsp3) is 0.393. The zero-order chi connectivity index (χ0) is 26.6. The Balaban J connectivity index is 1.58. The Morgan fingerprint density at radius 3 is 2.73 bits per heavy atom. The van der Waals surface area contributed by atoms with E-state index in [1.165, 1.54) is 0 Å². The second-order valence-corrected chi connectivity index (χ2v) is 10.2. The molecule has 2 aromatic heterocycles. The fourth-order valence-electron chi connectivity index (χ4n) is 4.28. The number of allylic oxidation sites excluding steroid dienone is 2. The molecule has 37 heavy (non-hydrogen) atoms. The van der Waals surface area contributed by atoms with Gasteiger partial charge < -0.3 is 25.6 Å². The van der Waals surface area contributed by atoms with Crippen molar-refractivity contribution in [1.82, 2.24) is 35.3 Å². The zero-order valence-corrected chi connectivity index (χ0v) is 22.8. The van der Waals surface area contributed by atoms with Crippen LogP contribution in [-0.2, 0) is 11.8 Å². The summed E-state index contributed by atoms with van der Waals surface area (Å²) in [7, 11) is 7.67. The summed E-state index contributed by atoms with van der Waals surface area (Å²) < 4.78 is 7.66. The Hall–Kier alpha value is -3.69. The van der Waals surface area contributed by atoms with Gasteiger partial charge in [-0.15, -0.1) is 0 Å². The molecule has 0 amide bonds. The molecule has 1 unspecified atom stereocenters. The third-order valence-corrected chi connectivity index (χ3v) is 6.30. The highest BCUT2D eigenvalue weighted by Crippen LogP contribution is 2.25. The van der Waals surface area contributed by atoms with E-state index in [-0.39, 0.29) is 11.6 Å². The van der Waals surface area contributed by atoms with Gasteiger partial charge in [0.15, 0.2) is 0 Å². The molecule has 3 aromatic rings. The lowest BCUT2D eigenvalue weighted by Crippen LogP contribution is -2.40. The van der Waals surface area contributed by atoms with Crippen molar-refractivity contribution in [2.75, 3.05) is 39.6 Å². The maximum atomic E-state index is 5.80. The normalized spacial score (nSPS) is 16.1. The van der Waals surface area contributed by atoms with Gasteiger partial charge in [0.2, 0.25) is 5.95 Å². The number of benzene rings is 1. The first-order valence-corrected chi connectivity index (χ1v) is 12.5. The van der Waals surface area contributed by atoms with Crippen LogP contribution in [0.2, 0.25) is 0 Å². The lowest BCUT2D eigenvalue weighted by atomic mass is 10.1. The van der Waals surface area contributed by atoms with Crippen molar-refractivity contribution in [3.05, 3.63) is 72.0 Å². The topological polar surface area (TPSA) is 92.2 Å². The molecule has 0 saturated heterocycles. The Morgan fingerprint density at radius 2 is 2.00 bits per heavy atom. The van der Waals surface area contributed by atoms with Gasteiger partial charge in [-0.25, -0.2) is 9.97 Å². The minimum absolute atomic E-state index is 0.0801. The summed E-state index contributed by atoms with van der Waals surface area (Å²) in [5.41, 5.74) is 5.91. The number of fused-ring (bicyclic) bond motifs is 1. The smallest absolute Gasteiger partial charge is 0.227 e. The predicted molar refractivity (Wildman–Crippen MR) is 150 cm³/mol. The summed E-state index contributed by atoms with van der Waals surface area (Å²) in [5, 5.41) is 15.7. The van der Waals surface area contributed by atoms with Crippen LogP contribution in [-0.4, -0.2) is 70.6 Å². The molecule has 1 aliphatic rings. The summed E-state index contributed by atoms with van der Waals surface area (Å²) in [6.45, 7) is 8.27. The van der Waals surface area contributed by atoms with E-state index in [0.717, 1.165) is 52.3 Å². The summed E-state index contributed by atoms with van der Waals surface area (Å²) in [6, 6.07) is 8.12. The maximum Gasteiger partial charge on any atom is 0.227 e. The number of nitrogens with one attached hydrogen (secondary N) is 3. The van der Waals surface area contributed by atoms with E-state index >= 15 is 0 Å². The van der Waals surface area contributed by atoms with Gasteiger partial charge in [-0.2, -0.15) is 5.10 Å². The maximum absolute atomic E-state index is 5.80. The molecule has 2 heterocycles. The van der Waals surface area contributed by atoms with E-state index < -0.39 is 0 Å². The molecular formula is C28H38N8O. The number of nitrogens with zero attached hydrogens (tertiary/aromatic N) is 5. The molecule has 0 fully saturated rings. The minimum atomic E-state index is -0.277. The molecule has 9 nitrogen and oxygen atoms in total. The highest BCUT2D eigenvalue weighted by Gasteiger charge is 2.19. The second kappa shape index (κ2) is 11.1. The number of likely N-dealkylation sites (N-methyl/N-ethyl adjacent to an activating group) is 2. The van der Waals surface area contributed by atoms with Gasteiger partial charge in [0.05, 0.1) is 34.5 Å². The minimum Gasteiger partial charge on any atom is -0.386 e. The Labute approximate surface area is 219 Å². The van der Waals surface area contributed by atoms with Crippen molar-refractivity contribution in [3.8, 4) is 11.3 Å². The van der Waals surface area contributed by atoms with Gasteiger partial charge in [0.1, 0.15) is 6.10 Å². The van der Waals surface area contributed by atoms with Crippen LogP contribution < -0.4 is 16.0 Å². The van der Waals surface area contributed by atoms with Crippen LogP contribution in [0, 0.1) is 0 Å². The third kappa shape index (κ3) is 6.36. The molecule has 1 aromatic carbocycles. The highest BCUT2D eigenvalue weighted by molar-refractivity contribution is 5.83. The number of hydrogen-bond donors (Lipinski definition) is 3. The van der Waals surface area contributed by atoms with Gasteiger partial charge in [-0.1, -0.05) is 6.07 Å². The molecule has 0 bridgehead atoms. The molecule has 3 N–H and O–H groups in total. The van der Waals surface area contributed by atoms with Crippen LogP contribution in [0.5, 0.6) is 0 Å². The first-order valence-electron chi connectivity index (χ1n) is 12.5. The van der Waals surface area contributed by atoms with Gasteiger partial charge in [0, 0.05) is 64.0 Å². The molecule has 9 heteroatoms. The number of methoxy groups -OCH3 is 1. The van der Waals surface area contributed by atoms with Crippen molar-refractivity contribution < 1.29 is 4.74 Å². The van der Waals surface area contributed by atoms with Crippen molar-refractivity contribution in [2.45, 2.75) is 32.4 Å². The number of aromatic nitrogens is 4. The quantitative estimate of drug-likeness (QED) is 0.408. The summed E-state index contributed by atoms with van der Waals surface area (Å²) in [4.78, 5) is 11.5. The first kappa shape index (κ1) is 26.4. The summed E-state index contributed by atoms with van der Waals surface area (Å²) >= 11 is 0. The van der Waals surface area contributed by atoms with Crippen LogP contribution in [0.3, 0.4) is 0 Å². The highest BCUT2D eigenvalue weighted by atomic mass is 16.5. The summed E-state index contributed by atoms with van der Waals surface area (Å²) in [5.74, 6) is 0.507. The number of ether oxygens (including phenoxy) is 1. The largest absolute Gasteiger partial charge is 0.386 e. The standard InChI is InChI=1S/C28H38N8O/c1-28(2,3)31-14-15-35(5)25-10-11-26(37-7)23(17-22(25)29-4)34-27-30-13-12-21(33-27)19-8-9-24-20(16-19)18-32-36(24)6/h8-13,16-18,26,29,31H,14-15H2,1-7H3,(H,30,33,34). The average Bonchev–Trinajstić information content (AvgIpc) is 3.14. The SMILES string of the molecule is CNC1=C(N(C)CCNC(C)(C)C)C=CC(OC)C(Nc2nccc(-c3ccc4c(cnn4C)c3)n2)=C1. The number of aryl methyl sites for hydroxylation is 1. The molecule has 1 aliphatic carbocycles. The van der Waals surface area contributed by atoms with Crippen molar-refractivity contribution in [1.29, 1.82) is 0 Å². The average molecular weight is 503 g/mol. The van der Waals surface area contributed by atoms with E-state index in [1.807, 2.05) is 37.1 Å². The van der Waals surface area contributed by atoms with Crippen molar-refractivity contribution in [3.63, 3.8) is 0 Å². The molecule has 0 radical (unpaired) electrons. The predicted octanol–water partition coefficient (Wildman–Crippen LogP) is 3.66. The third-order valence-electron chi connectivity index (χ3n) is 6.30. The molecular weight excluding hydrogens is 464 g/mol. The Morgan fingerprint density at radius 1 is 1.19 bits per heavy atom. The molecule has 0 saturated carbocycles. The van der Waals surface area contributed by atoms with E-state index in [2.05, 4.69) is 89.1 Å². The first-order chi connectivity index (χ1) is 17.7. The van der Waals surface area contributed by atoms with Gasteiger partial charge >= 0.3 is 0 Å². The fourth-order valence-corrected chi connectivity index (χ4v) is 4.28. The van der Waals surface area contributed by atoms with Crippen LogP contribution in [0.25, 0.3) is 22.2 Å². The number of rotatable bonds is 9. The van der Waals surface area contributed by atoms with Gasteiger partial charge in [0.25, 0.3) is 0 Å². The summed E-state index contributed by atoms with van der Waals surface area (Å²) in [6.07, 6.45) is 9.57. The molecule has 0 aliphatic heterocycles. The number of hydrogen-bond acceptors (Lipinski definition) is 8. The Bertz CT molecular complexity index is 1330. The molecule has 196 valence electrons. The van der Waals surface area contributed by atoms with Crippen LogP contribution >= 0.6 is 0 Å². The Kier molecular flexibility index (Phi) is 7.94. The van der Waals surface area contributed by atoms with Crippen LogP contribution in [0.4, 0.5) is 5.95 Å². The van der Waals surface area contributed by atoms with Gasteiger partial charge in [-0.05, 0) is 57.2 Å². The van der Waals surface area contributed by atoms with E-state index in [1.54, 1.807) is 13.3 Å². The number of anilines is 1. The zero-order valence-electron chi connectivity index (χ0n) is 22.8. The van der Waals surface area contributed by atoms with Crippen molar-refractivity contribution >= 4 is 16.9 Å². The monoisotopic (exact) mass is 502 g/mol. The van der Waals surface area contributed by atoms with E-state index in [0.29, 0.717) is 5.95 Å².